The van der Waals surface area contributed by atoms with Crippen molar-refractivity contribution < 1.29 is 9.53 Å². The SMILES string of the molecule is COc1ccc(C(=O)c2cc(I)ccc2Br)c(Cl)c1. The topological polar surface area (TPSA) is 26.3 Å². The highest BCUT2D eigenvalue weighted by atomic mass is 127. The average Bonchev–Trinajstić information content (AvgIpc) is 2.40. The number of rotatable bonds is 3. The molecule has 19 heavy (non-hydrogen) atoms. The van der Waals surface area contributed by atoms with Gasteiger partial charge >= 0.3 is 0 Å². The van der Waals surface area contributed by atoms with Crippen LogP contribution >= 0.6 is 50.1 Å². The molecule has 0 radical (unpaired) electrons. The summed E-state index contributed by atoms with van der Waals surface area (Å²) in [5.74, 6) is 0.515. The fraction of sp³-hybridized carbons (Fsp3) is 0.0714. The summed E-state index contributed by atoms with van der Waals surface area (Å²) in [5, 5.41) is 0.384. The molecule has 0 amide bonds. The second-order valence-electron chi connectivity index (χ2n) is 3.80. The maximum absolute atomic E-state index is 12.5. The van der Waals surface area contributed by atoms with E-state index in [1.54, 1.807) is 25.3 Å². The van der Waals surface area contributed by atoms with Crippen LogP contribution in [0.4, 0.5) is 0 Å². The Hall–Kier alpha value is -0.590. The highest BCUT2D eigenvalue weighted by molar-refractivity contribution is 14.1. The first-order chi connectivity index (χ1) is 9.02. The summed E-state index contributed by atoms with van der Waals surface area (Å²) >= 11 is 11.7. The Bertz CT molecular complexity index is 643. The minimum absolute atomic E-state index is 0.113. The van der Waals surface area contributed by atoms with Crippen LogP contribution in [0.25, 0.3) is 0 Å². The third-order valence-electron chi connectivity index (χ3n) is 2.59. The largest absolute Gasteiger partial charge is 0.497 e. The molecule has 2 rings (SSSR count). The van der Waals surface area contributed by atoms with Crippen molar-refractivity contribution in [3.8, 4) is 5.75 Å². The van der Waals surface area contributed by atoms with Gasteiger partial charge in [0.2, 0.25) is 0 Å². The zero-order chi connectivity index (χ0) is 14.0. The number of carbonyl (C=O) groups is 1. The van der Waals surface area contributed by atoms with E-state index in [1.807, 2.05) is 18.2 Å². The lowest BCUT2D eigenvalue weighted by Gasteiger charge is -2.08. The summed E-state index contributed by atoms with van der Waals surface area (Å²) in [6.45, 7) is 0. The quantitative estimate of drug-likeness (QED) is 0.488. The van der Waals surface area contributed by atoms with E-state index >= 15 is 0 Å². The lowest BCUT2D eigenvalue weighted by Crippen LogP contribution is -2.04. The molecule has 0 aliphatic heterocycles. The molecule has 0 aliphatic carbocycles. The van der Waals surface area contributed by atoms with Gasteiger partial charge in [-0.1, -0.05) is 27.5 Å². The van der Waals surface area contributed by atoms with Gasteiger partial charge in [-0.05, 0) is 59.0 Å². The standard InChI is InChI=1S/C14H9BrClIO2/c1-19-9-3-4-10(13(16)7-9)14(18)11-6-8(17)2-5-12(11)15/h2-7H,1H3. The van der Waals surface area contributed by atoms with Gasteiger partial charge in [0.15, 0.2) is 5.78 Å². The van der Waals surface area contributed by atoms with E-state index in [4.69, 9.17) is 16.3 Å². The van der Waals surface area contributed by atoms with E-state index < -0.39 is 0 Å². The number of ether oxygens (including phenoxy) is 1. The monoisotopic (exact) mass is 450 g/mol. The first kappa shape index (κ1) is 14.8. The second-order valence-corrected chi connectivity index (χ2v) is 6.31. The van der Waals surface area contributed by atoms with Gasteiger partial charge in [0.05, 0.1) is 12.1 Å². The average molecular weight is 451 g/mol. The molecule has 0 fully saturated rings. The predicted octanol–water partition coefficient (Wildman–Crippen LogP) is 4.95. The van der Waals surface area contributed by atoms with Crippen LogP contribution in [0.2, 0.25) is 5.02 Å². The minimum atomic E-state index is -0.113. The zero-order valence-corrected chi connectivity index (χ0v) is 14.4. The molecule has 0 atom stereocenters. The van der Waals surface area contributed by atoms with Crippen molar-refractivity contribution in [1.29, 1.82) is 0 Å². The molecular weight excluding hydrogens is 442 g/mol. The number of hydrogen-bond acceptors (Lipinski definition) is 2. The predicted molar refractivity (Wildman–Crippen MR) is 88.3 cm³/mol. The summed E-state index contributed by atoms with van der Waals surface area (Å²) in [6, 6.07) is 10.6. The fourth-order valence-corrected chi connectivity index (χ4v) is 2.80. The van der Waals surface area contributed by atoms with Crippen LogP contribution in [0.15, 0.2) is 40.9 Å². The van der Waals surface area contributed by atoms with Crippen molar-refractivity contribution in [2.45, 2.75) is 0 Å². The number of methoxy groups -OCH3 is 1. The van der Waals surface area contributed by atoms with E-state index in [9.17, 15) is 4.79 Å². The van der Waals surface area contributed by atoms with Crippen molar-refractivity contribution in [2.75, 3.05) is 7.11 Å². The maximum atomic E-state index is 12.5. The Labute approximate surface area is 138 Å². The van der Waals surface area contributed by atoms with Gasteiger partial charge in [-0.2, -0.15) is 0 Å². The lowest BCUT2D eigenvalue weighted by molar-refractivity contribution is 0.103. The second kappa shape index (κ2) is 6.24. The summed E-state index contributed by atoms with van der Waals surface area (Å²) in [7, 11) is 1.56. The van der Waals surface area contributed by atoms with Gasteiger partial charge in [0.1, 0.15) is 5.75 Å². The van der Waals surface area contributed by atoms with E-state index in [-0.39, 0.29) is 5.78 Å². The summed E-state index contributed by atoms with van der Waals surface area (Å²) in [5.41, 5.74) is 1.06. The molecule has 0 aliphatic rings. The van der Waals surface area contributed by atoms with E-state index in [2.05, 4.69) is 38.5 Å². The number of benzene rings is 2. The number of halogens is 3. The van der Waals surface area contributed by atoms with Gasteiger partial charge in [-0.15, -0.1) is 0 Å². The van der Waals surface area contributed by atoms with E-state index in [0.29, 0.717) is 21.9 Å². The number of carbonyl (C=O) groups excluding carboxylic acids is 1. The third-order valence-corrected chi connectivity index (χ3v) is 4.27. The molecule has 98 valence electrons. The minimum Gasteiger partial charge on any atom is -0.497 e. The van der Waals surface area contributed by atoms with Crippen molar-refractivity contribution in [3.63, 3.8) is 0 Å². The van der Waals surface area contributed by atoms with Crippen molar-refractivity contribution in [3.05, 3.63) is 60.6 Å². The fourth-order valence-electron chi connectivity index (χ4n) is 1.62. The molecule has 0 saturated heterocycles. The van der Waals surface area contributed by atoms with Gasteiger partial charge in [-0.3, -0.25) is 4.79 Å². The Kier molecular flexibility index (Phi) is 4.86. The molecule has 0 saturated carbocycles. The van der Waals surface area contributed by atoms with Gasteiger partial charge in [-0.25, -0.2) is 0 Å². The van der Waals surface area contributed by atoms with Crippen molar-refractivity contribution in [2.24, 2.45) is 0 Å². The van der Waals surface area contributed by atoms with Crippen LogP contribution in [0.3, 0.4) is 0 Å². The molecule has 0 unspecified atom stereocenters. The highest BCUT2D eigenvalue weighted by Gasteiger charge is 2.16. The van der Waals surface area contributed by atoms with Crippen LogP contribution in [-0.4, -0.2) is 12.9 Å². The van der Waals surface area contributed by atoms with Crippen LogP contribution in [-0.2, 0) is 0 Å². The Morgan fingerprint density at radius 1 is 1.21 bits per heavy atom. The van der Waals surface area contributed by atoms with E-state index in [1.165, 1.54) is 0 Å². The Balaban J connectivity index is 2.47. The van der Waals surface area contributed by atoms with Gasteiger partial charge in [0, 0.05) is 19.2 Å². The molecule has 2 aromatic carbocycles. The Morgan fingerprint density at radius 3 is 2.58 bits per heavy atom. The van der Waals surface area contributed by atoms with Gasteiger partial charge < -0.3 is 4.74 Å². The maximum Gasteiger partial charge on any atom is 0.195 e. The van der Waals surface area contributed by atoms with Gasteiger partial charge in [0.25, 0.3) is 0 Å². The highest BCUT2D eigenvalue weighted by Crippen LogP contribution is 2.28. The third kappa shape index (κ3) is 3.30. The summed E-state index contributed by atoms with van der Waals surface area (Å²) < 4.78 is 6.82. The van der Waals surface area contributed by atoms with Crippen LogP contribution in [0.1, 0.15) is 15.9 Å². The van der Waals surface area contributed by atoms with E-state index in [0.717, 1.165) is 8.04 Å². The first-order valence-electron chi connectivity index (χ1n) is 5.36. The van der Waals surface area contributed by atoms with Crippen LogP contribution in [0.5, 0.6) is 5.75 Å². The smallest absolute Gasteiger partial charge is 0.195 e. The molecule has 0 heterocycles. The molecule has 0 spiro atoms. The molecule has 0 N–H and O–H groups in total. The number of ketones is 1. The lowest BCUT2D eigenvalue weighted by atomic mass is 10.0. The van der Waals surface area contributed by atoms with Crippen LogP contribution < -0.4 is 4.74 Å². The Morgan fingerprint density at radius 2 is 1.95 bits per heavy atom. The summed E-state index contributed by atoms with van der Waals surface area (Å²) in [6.07, 6.45) is 0. The van der Waals surface area contributed by atoms with Crippen molar-refractivity contribution in [1.82, 2.24) is 0 Å². The summed E-state index contributed by atoms with van der Waals surface area (Å²) in [4.78, 5) is 12.5. The normalized spacial score (nSPS) is 10.3. The molecule has 5 heteroatoms. The number of hydrogen-bond donors (Lipinski definition) is 0. The molecule has 0 bridgehead atoms. The zero-order valence-electron chi connectivity index (χ0n) is 9.91. The van der Waals surface area contributed by atoms with Crippen molar-refractivity contribution >= 4 is 55.9 Å². The molecular formula is C14H9BrClIO2. The van der Waals surface area contributed by atoms with Crippen LogP contribution in [0, 0.1) is 3.57 Å². The molecule has 0 aromatic heterocycles. The molecule has 2 aromatic rings. The first-order valence-corrected chi connectivity index (χ1v) is 7.61. The molecule has 2 nitrogen and oxygen atoms in total.